The van der Waals surface area contributed by atoms with Gasteiger partial charge >= 0.3 is 0 Å². The summed E-state index contributed by atoms with van der Waals surface area (Å²) in [6.07, 6.45) is 2.72. The van der Waals surface area contributed by atoms with Crippen LogP contribution in [-0.2, 0) is 16.4 Å². The van der Waals surface area contributed by atoms with Crippen molar-refractivity contribution in [1.29, 1.82) is 0 Å². The van der Waals surface area contributed by atoms with E-state index in [1.54, 1.807) is 12.1 Å². The monoisotopic (exact) mass is 347 g/mol. The summed E-state index contributed by atoms with van der Waals surface area (Å²) < 4.78 is 39.0. The zero-order chi connectivity index (χ0) is 17.2. The minimum atomic E-state index is -3.73. The van der Waals surface area contributed by atoms with Crippen LogP contribution in [0.5, 0.6) is 11.5 Å². The van der Waals surface area contributed by atoms with Crippen LogP contribution in [-0.4, -0.2) is 22.6 Å². The smallest absolute Gasteiger partial charge is 0.244 e. The van der Waals surface area contributed by atoms with Crippen molar-refractivity contribution in [1.82, 2.24) is 4.72 Å². The number of sulfonamides is 1. The molecule has 24 heavy (non-hydrogen) atoms. The number of ether oxygens (including phenoxy) is 2. The van der Waals surface area contributed by atoms with E-state index in [2.05, 4.69) is 10.8 Å². The predicted molar refractivity (Wildman–Crippen MR) is 92.0 cm³/mol. The zero-order valence-corrected chi connectivity index (χ0v) is 14.6. The van der Waals surface area contributed by atoms with Gasteiger partial charge in [0.25, 0.3) is 0 Å². The second-order valence-electron chi connectivity index (χ2n) is 5.78. The largest absolute Gasteiger partial charge is 0.497 e. The van der Waals surface area contributed by atoms with Gasteiger partial charge < -0.3 is 9.47 Å². The molecule has 0 spiro atoms. The van der Waals surface area contributed by atoms with Crippen molar-refractivity contribution in [2.24, 2.45) is 0 Å². The Labute approximate surface area is 142 Å². The Hall–Kier alpha value is -2.05. The third-order valence-corrected chi connectivity index (χ3v) is 5.82. The molecule has 0 saturated carbocycles. The van der Waals surface area contributed by atoms with Crippen LogP contribution in [0.25, 0.3) is 0 Å². The molecule has 3 rings (SSSR count). The Morgan fingerprint density at radius 1 is 1.08 bits per heavy atom. The molecule has 1 N–H and O–H groups in total. The summed E-state index contributed by atoms with van der Waals surface area (Å²) in [4.78, 5) is 0.0902. The normalized spacial score (nSPS) is 17.2. The van der Waals surface area contributed by atoms with E-state index in [-0.39, 0.29) is 10.9 Å². The van der Waals surface area contributed by atoms with Crippen LogP contribution < -0.4 is 14.2 Å². The van der Waals surface area contributed by atoms with Gasteiger partial charge in [0.1, 0.15) is 16.4 Å². The van der Waals surface area contributed by atoms with Gasteiger partial charge in [-0.05, 0) is 42.5 Å². The Morgan fingerprint density at radius 3 is 2.62 bits per heavy atom. The van der Waals surface area contributed by atoms with E-state index in [1.807, 2.05) is 18.2 Å². The Morgan fingerprint density at radius 2 is 1.88 bits per heavy atom. The SMILES string of the molecule is COc1ccc(OC)c(S(=O)(=O)NC2CCCc3ccccc32)c1. The highest BCUT2D eigenvalue weighted by Crippen LogP contribution is 2.33. The van der Waals surface area contributed by atoms with Gasteiger partial charge in [0.2, 0.25) is 10.0 Å². The first-order chi connectivity index (χ1) is 11.5. The summed E-state index contributed by atoms with van der Waals surface area (Å²) in [5.41, 5.74) is 2.25. The second-order valence-corrected chi connectivity index (χ2v) is 7.46. The molecule has 1 unspecified atom stereocenters. The van der Waals surface area contributed by atoms with Crippen LogP contribution in [0, 0.1) is 0 Å². The highest BCUT2D eigenvalue weighted by Gasteiger charge is 2.28. The summed E-state index contributed by atoms with van der Waals surface area (Å²) in [6, 6.07) is 12.5. The molecule has 0 aromatic heterocycles. The number of fused-ring (bicyclic) bond motifs is 1. The first kappa shape index (κ1) is 16.8. The van der Waals surface area contributed by atoms with Crippen LogP contribution in [0.4, 0.5) is 0 Å². The van der Waals surface area contributed by atoms with E-state index < -0.39 is 10.0 Å². The molecule has 0 radical (unpaired) electrons. The fourth-order valence-electron chi connectivity index (χ4n) is 3.12. The van der Waals surface area contributed by atoms with Crippen molar-refractivity contribution in [3.63, 3.8) is 0 Å². The molecule has 1 aliphatic carbocycles. The summed E-state index contributed by atoms with van der Waals surface area (Å²) in [7, 11) is -0.775. The first-order valence-corrected chi connectivity index (χ1v) is 9.35. The van der Waals surface area contributed by atoms with Crippen molar-refractivity contribution >= 4 is 10.0 Å². The van der Waals surface area contributed by atoms with E-state index in [0.29, 0.717) is 11.5 Å². The predicted octanol–water partition coefficient (Wildman–Crippen LogP) is 3.06. The molecule has 0 bridgehead atoms. The van der Waals surface area contributed by atoms with Gasteiger partial charge in [0.15, 0.2) is 0 Å². The van der Waals surface area contributed by atoms with Gasteiger partial charge in [-0.15, -0.1) is 0 Å². The average molecular weight is 347 g/mol. The molecule has 2 aromatic carbocycles. The van der Waals surface area contributed by atoms with Crippen molar-refractivity contribution in [3.05, 3.63) is 53.6 Å². The molecule has 2 aromatic rings. The fourth-order valence-corrected chi connectivity index (χ4v) is 4.56. The topological polar surface area (TPSA) is 64.6 Å². The van der Waals surface area contributed by atoms with Crippen molar-refractivity contribution < 1.29 is 17.9 Å². The number of hydrogen-bond donors (Lipinski definition) is 1. The second kappa shape index (κ2) is 6.83. The van der Waals surface area contributed by atoms with E-state index in [1.165, 1.54) is 25.8 Å². The number of benzene rings is 2. The number of aryl methyl sites for hydroxylation is 1. The third-order valence-electron chi connectivity index (χ3n) is 4.33. The van der Waals surface area contributed by atoms with Crippen molar-refractivity contribution in [2.45, 2.75) is 30.2 Å². The first-order valence-electron chi connectivity index (χ1n) is 7.87. The lowest BCUT2D eigenvalue weighted by Crippen LogP contribution is -2.31. The van der Waals surface area contributed by atoms with Crippen LogP contribution in [0.1, 0.15) is 30.0 Å². The Balaban J connectivity index is 1.96. The summed E-state index contributed by atoms with van der Waals surface area (Å²) in [5, 5.41) is 0. The molecule has 0 amide bonds. The molecule has 0 heterocycles. The van der Waals surface area contributed by atoms with Gasteiger partial charge in [-0.25, -0.2) is 13.1 Å². The minimum absolute atomic E-state index is 0.0902. The van der Waals surface area contributed by atoms with Gasteiger partial charge in [0, 0.05) is 12.1 Å². The van der Waals surface area contributed by atoms with Crippen LogP contribution in [0.3, 0.4) is 0 Å². The van der Waals surface area contributed by atoms with Gasteiger partial charge in [-0.1, -0.05) is 24.3 Å². The molecule has 5 nitrogen and oxygen atoms in total. The maximum absolute atomic E-state index is 12.9. The molecule has 0 aliphatic heterocycles. The zero-order valence-electron chi connectivity index (χ0n) is 13.8. The van der Waals surface area contributed by atoms with E-state index in [0.717, 1.165) is 24.8 Å². The fraction of sp³-hybridized carbons (Fsp3) is 0.333. The summed E-state index contributed by atoms with van der Waals surface area (Å²) in [6.45, 7) is 0. The minimum Gasteiger partial charge on any atom is -0.497 e. The van der Waals surface area contributed by atoms with Gasteiger partial charge in [0.05, 0.1) is 14.2 Å². The maximum Gasteiger partial charge on any atom is 0.244 e. The third kappa shape index (κ3) is 3.25. The molecule has 128 valence electrons. The Bertz CT molecular complexity index is 833. The average Bonchev–Trinajstić information content (AvgIpc) is 2.61. The molecular weight excluding hydrogens is 326 g/mol. The molecular formula is C18H21NO4S. The molecule has 0 fully saturated rings. The number of hydrogen-bond acceptors (Lipinski definition) is 4. The molecule has 6 heteroatoms. The maximum atomic E-state index is 12.9. The quantitative estimate of drug-likeness (QED) is 0.903. The van der Waals surface area contributed by atoms with E-state index in [9.17, 15) is 8.42 Å². The van der Waals surface area contributed by atoms with Crippen molar-refractivity contribution in [2.75, 3.05) is 14.2 Å². The molecule has 0 saturated heterocycles. The van der Waals surface area contributed by atoms with Crippen LogP contribution >= 0.6 is 0 Å². The Kier molecular flexibility index (Phi) is 4.78. The van der Waals surface area contributed by atoms with Crippen LogP contribution in [0.2, 0.25) is 0 Å². The molecule has 1 atom stereocenters. The van der Waals surface area contributed by atoms with Crippen LogP contribution in [0.15, 0.2) is 47.4 Å². The van der Waals surface area contributed by atoms with Gasteiger partial charge in [-0.2, -0.15) is 0 Å². The van der Waals surface area contributed by atoms with E-state index in [4.69, 9.17) is 9.47 Å². The lowest BCUT2D eigenvalue weighted by atomic mass is 9.88. The highest BCUT2D eigenvalue weighted by molar-refractivity contribution is 7.89. The van der Waals surface area contributed by atoms with E-state index >= 15 is 0 Å². The summed E-state index contributed by atoms with van der Waals surface area (Å²) in [5.74, 6) is 0.771. The lowest BCUT2D eigenvalue weighted by molar-refractivity contribution is 0.391. The number of nitrogens with one attached hydrogen (secondary N) is 1. The summed E-state index contributed by atoms with van der Waals surface area (Å²) >= 11 is 0. The highest BCUT2D eigenvalue weighted by atomic mass is 32.2. The van der Waals surface area contributed by atoms with Gasteiger partial charge in [-0.3, -0.25) is 0 Å². The number of rotatable bonds is 5. The lowest BCUT2D eigenvalue weighted by Gasteiger charge is -2.26. The number of methoxy groups -OCH3 is 2. The molecule has 1 aliphatic rings. The van der Waals surface area contributed by atoms with Crippen molar-refractivity contribution in [3.8, 4) is 11.5 Å². The standard InChI is InChI=1S/C18H21NO4S/c1-22-14-10-11-17(23-2)18(12-14)24(20,21)19-16-9-5-7-13-6-3-4-8-15(13)16/h3-4,6,8,10-12,16,19H,5,7,9H2,1-2H3.